The van der Waals surface area contributed by atoms with Crippen molar-refractivity contribution in [3.05, 3.63) is 48.3 Å². The number of nitrogen functional groups attached to an aromatic ring is 1. The second-order valence-corrected chi connectivity index (χ2v) is 4.39. The summed E-state index contributed by atoms with van der Waals surface area (Å²) in [6.07, 6.45) is 3.34. The minimum atomic E-state index is -0.0142. The number of nitrogens with zero attached hydrogens (tertiary/aromatic N) is 3. The average Bonchev–Trinajstić information content (AvgIpc) is 2.83. The first kappa shape index (κ1) is 12.2. The summed E-state index contributed by atoms with van der Waals surface area (Å²) in [6, 6.07) is 9.17. The van der Waals surface area contributed by atoms with Crippen LogP contribution in [-0.4, -0.2) is 20.6 Å². The molecule has 0 amide bonds. The Balaban J connectivity index is 2.10. The van der Waals surface area contributed by atoms with Crippen LogP contribution in [0.4, 0.5) is 0 Å². The third kappa shape index (κ3) is 2.18. The second-order valence-electron chi connectivity index (χ2n) is 4.39. The topological polar surface area (TPSA) is 89.8 Å². The standard InChI is InChI=1S/C14H13N5O/c1-19-8-9(7-17-19)20-13-6-11(14(15)16)10-4-2-3-5-12(10)18-13/h2-8H,1H3,(H3,15,16). The summed E-state index contributed by atoms with van der Waals surface area (Å²) >= 11 is 0. The molecule has 0 aliphatic heterocycles. The number of para-hydroxylation sites is 1. The smallest absolute Gasteiger partial charge is 0.220 e. The monoisotopic (exact) mass is 267 g/mol. The number of rotatable bonds is 3. The highest BCUT2D eigenvalue weighted by Crippen LogP contribution is 2.25. The molecule has 3 aromatic rings. The van der Waals surface area contributed by atoms with Crippen LogP contribution in [-0.2, 0) is 7.05 Å². The van der Waals surface area contributed by atoms with Gasteiger partial charge < -0.3 is 10.5 Å². The average molecular weight is 267 g/mol. The first-order valence-corrected chi connectivity index (χ1v) is 6.04. The Morgan fingerprint density at radius 3 is 2.85 bits per heavy atom. The molecule has 0 fully saturated rings. The maximum Gasteiger partial charge on any atom is 0.220 e. The zero-order valence-electron chi connectivity index (χ0n) is 10.9. The molecule has 20 heavy (non-hydrogen) atoms. The number of pyridine rings is 1. The largest absolute Gasteiger partial charge is 0.436 e. The number of fused-ring (bicyclic) bond motifs is 1. The van der Waals surface area contributed by atoms with Gasteiger partial charge in [0.05, 0.1) is 17.9 Å². The van der Waals surface area contributed by atoms with E-state index in [-0.39, 0.29) is 5.84 Å². The molecule has 0 spiro atoms. The Kier molecular flexibility index (Phi) is 2.83. The van der Waals surface area contributed by atoms with Gasteiger partial charge in [-0.1, -0.05) is 18.2 Å². The Hall–Kier alpha value is -2.89. The van der Waals surface area contributed by atoms with E-state index in [1.165, 1.54) is 0 Å². The number of hydrogen-bond acceptors (Lipinski definition) is 4. The summed E-state index contributed by atoms with van der Waals surface area (Å²) in [4.78, 5) is 4.41. The number of amidine groups is 1. The number of hydrogen-bond donors (Lipinski definition) is 2. The van der Waals surface area contributed by atoms with Gasteiger partial charge >= 0.3 is 0 Å². The molecule has 0 bridgehead atoms. The highest BCUT2D eigenvalue weighted by Gasteiger charge is 2.09. The molecular formula is C14H13N5O. The van der Waals surface area contributed by atoms with Gasteiger partial charge in [0.1, 0.15) is 5.84 Å². The van der Waals surface area contributed by atoms with Crippen molar-refractivity contribution in [2.75, 3.05) is 0 Å². The first-order chi connectivity index (χ1) is 9.63. The zero-order valence-corrected chi connectivity index (χ0v) is 10.9. The summed E-state index contributed by atoms with van der Waals surface area (Å²) < 4.78 is 7.29. The van der Waals surface area contributed by atoms with E-state index < -0.39 is 0 Å². The lowest BCUT2D eigenvalue weighted by molar-refractivity contribution is 0.464. The first-order valence-electron chi connectivity index (χ1n) is 6.04. The molecule has 3 N–H and O–H groups in total. The summed E-state index contributed by atoms with van der Waals surface area (Å²) in [5.41, 5.74) is 6.97. The third-order valence-electron chi connectivity index (χ3n) is 2.89. The van der Waals surface area contributed by atoms with Crippen LogP contribution >= 0.6 is 0 Å². The van der Waals surface area contributed by atoms with E-state index in [0.29, 0.717) is 17.2 Å². The summed E-state index contributed by atoms with van der Waals surface area (Å²) in [5, 5.41) is 12.5. The van der Waals surface area contributed by atoms with Gasteiger partial charge in [0.15, 0.2) is 5.75 Å². The van der Waals surface area contributed by atoms with Crippen molar-refractivity contribution >= 4 is 16.7 Å². The van der Waals surface area contributed by atoms with Crippen LogP contribution < -0.4 is 10.5 Å². The quantitative estimate of drug-likeness (QED) is 0.561. The van der Waals surface area contributed by atoms with Crippen molar-refractivity contribution in [2.45, 2.75) is 0 Å². The molecule has 0 saturated heterocycles. The number of aromatic nitrogens is 3. The van der Waals surface area contributed by atoms with Crippen molar-refractivity contribution in [3.63, 3.8) is 0 Å². The van der Waals surface area contributed by atoms with Gasteiger partial charge in [-0.2, -0.15) is 5.10 Å². The van der Waals surface area contributed by atoms with E-state index in [4.69, 9.17) is 15.9 Å². The van der Waals surface area contributed by atoms with Crippen LogP contribution in [0.5, 0.6) is 11.6 Å². The molecule has 0 atom stereocenters. The summed E-state index contributed by atoms with van der Waals surface area (Å²) in [5.74, 6) is 0.964. The van der Waals surface area contributed by atoms with Crippen molar-refractivity contribution in [3.8, 4) is 11.6 Å². The number of benzene rings is 1. The molecule has 2 heterocycles. The van der Waals surface area contributed by atoms with Crippen LogP contribution in [0.25, 0.3) is 10.9 Å². The number of nitrogens with one attached hydrogen (secondary N) is 1. The van der Waals surface area contributed by atoms with E-state index >= 15 is 0 Å². The van der Waals surface area contributed by atoms with Gasteiger partial charge in [-0.25, -0.2) is 4.98 Å². The van der Waals surface area contributed by atoms with Gasteiger partial charge in [0.25, 0.3) is 0 Å². The number of nitrogens with two attached hydrogens (primary N) is 1. The molecule has 0 saturated carbocycles. The van der Waals surface area contributed by atoms with Crippen molar-refractivity contribution in [1.82, 2.24) is 14.8 Å². The van der Waals surface area contributed by atoms with Crippen molar-refractivity contribution in [1.29, 1.82) is 5.41 Å². The molecule has 0 unspecified atom stereocenters. The number of ether oxygens (including phenoxy) is 1. The highest BCUT2D eigenvalue weighted by atomic mass is 16.5. The molecule has 6 nitrogen and oxygen atoms in total. The fraction of sp³-hybridized carbons (Fsp3) is 0.0714. The SMILES string of the molecule is Cn1cc(Oc2cc(C(=N)N)c3ccccc3n2)cn1. The molecular weight excluding hydrogens is 254 g/mol. The van der Waals surface area contributed by atoms with Gasteiger partial charge in [0, 0.05) is 24.1 Å². The molecule has 0 aliphatic carbocycles. The predicted molar refractivity (Wildman–Crippen MR) is 76.0 cm³/mol. The minimum Gasteiger partial charge on any atom is -0.436 e. The van der Waals surface area contributed by atoms with Gasteiger partial charge in [-0.05, 0) is 6.07 Å². The zero-order chi connectivity index (χ0) is 14.1. The maximum absolute atomic E-state index is 7.68. The number of aryl methyl sites for hydroxylation is 1. The van der Waals surface area contributed by atoms with E-state index in [1.54, 1.807) is 23.1 Å². The van der Waals surface area contributed by atoms with Gasteiger partial charge in [-0.15, -0.1) is 0 Å². The lowest BCUT2D eigenvalue weighted by Crippen LogP contribution is -2.12. The second kappa shape index (κ2) is 4.65. The minimum absolute atomic E-state index is 0.0142. The Morgan fingerprint density at radius 1 is 1.35 bits per heavy atom. The highest BCUT2D eigenvalue weighted by molar-refractivity contribution is 6.06. The molecule has 2 aromatic heterocycles. The summed E-state index contributed by atoms with van der Waals surface area (Å²) in [7, 11) is 1.81. The van der Waals surface area contributed by atoms with E-state index in [0.717, 1.165) is 10.9 Å². The maximum atomic E-state index is 7.68. The predicted octanol–water partition coefficient (Wildman–Crippen LogP) is 2.04. The van der Waals surface area contributed by atoms with Crippen molar-refractivity contribution < 1.29 is 4.74 Å². The van der Waals surface area contributed by atoms with Crippen LogP contribution in [0, 0.1) is 5.41 Å². The van der Waals surface area contributed by atoms with E-state index in [2.05, 4.69) is 10.1 Å². The Labute approximate surface area is 115 Å². The van der Waals surface area contributed by atoms with Crippen molar-refractivity contribution in [2.24, 2.45) is 12.8 Å². The normalized spacial score (nSPS) is 10.7. The van der Waals surface area contributed by atoms with E-state index in [9.17, 15) is 0 Å². The van der Waals surface area contributed by atoms with E-state index in [1.807, 2.05) is 31.3 Å². The lowest BCUT2D eigenvalue weighted by Gasteiger charge is -2.08. The molecule has 0 aliphatic rings. The summed E-state index contributed by atoms with van der Waals surface area (Å²) in [6.45, 7) is 0. The van der Waals surface area contributed by atoms with Crippen LogP contribution in [0.2, 0.25) is 0 Å². The van der Waals surface area contributed by atoms with Gasteiger partial charge in [-0.3, -0.25) is 10.1 Å². The van der Waals surface area contributed by atoms with Crippen LogP contribution in [0.15, 0.2) is 42.7 Å². The fourth-order valence-corrected chi connectivity index (χ4v) is 2.00. The molecule has 100 valence electrons. The van der Waals surface area contributed by atoms with Crippen LogP contribution in [0.1, 0.15) is 5.56 Å². The fourth-order valence-electron chi connectivity index (χ4n) is 2.00. The van der Waals surface area contributed by atoms with Gasteiger partial charge in [0.2, 0.25) is 5.88 Å². The molecule has 1 aromatic carbocycles. The third-order valence-corrected chi connectivity index (χ3v) is 2.89. The molecule has 0 radical (unpaired) electrons. The van der Waals surface area contributed by atoms with Crippen LogP contribution in [0.3, 0.4) is 0 Å². The molecule has 6 heteroatoms. The molecule has 3 rings (SSSR count). The Bertz CT molecular complexity index is 793. The Morgan fingerprint density at radius 2 is 2.15 bits per heavy atom. The lowest BCUT2D eigenvalue weighted by atomic mass is 10.1.